The number of amides is 2. The van der Waals surface area contributed by atoms with Crippen molar-refractivity contribution in [2.24, 2.45) is 0 Å². The summed E-state index contributed by atoms with van der Waals surface area (Å²) in [6.07, 6.45) is -0.303. The van der Waals surface area contributed by atoms with Gasteiger partial charge in [0.15, 0.2) is 0 Å². The number of rotatable bonds is 5. The quantitative estimate of drug-likeness (QED) is 0.515. The Morgan fingerprint density at radius 3 is 2.06 bits per heavy atom. The Morgan fingerprint density at radius 1 is 0.839 bits per heavy atom. The molecule has 1 aromatic heterocycles. The zero-order chi connectivity index (χ0) is 21.8. The third-order valence-corrected chi connectivity index (χ3v) is 5.55. The number of carbonyl (C=O) groups excluding carboxylic acids is 2. The van der Waals surface area contributed by atoms with Crippen LogP contribution >= 0.6 is 0 Å². The van der Waals surface area contributed by atoms with Crippen LogP contribution in [0.3, 0.4) is 0 Å². The van der Waals surface area contributed by atoms with E-state index in [4.69, 9.17) is 9.47 Å². The van der Waals surface area contributed by atoms with E-state index in [-0.39, 0.29) is 13.2 Å². The molecule has 0 spiro atoms. The monoisotopic (exact) mass is 419 g/mol. The van der Waals surface area contributed by atoms with Crippen molar-refractivity contribution in [2.75, 3.05) is 14.1 Å². The average molecular weight is 419 g/mol. The number of alkyl carbamates (subject to hydrolysis) is 2. The number of nitrogens with one attached hydrogen (secondary N) is 2. The summed E-state index contributed by atoms with van der Waals surface area (Å²) < 4.78 is 13.1. The molecule has 1 aliphatic heterocycles. The van der Waals surface area contributed by atoms with Crippen LogP contribution in [0.5, 0.6) is 0 Å². The normalized spacial score (nSPS) is 11.8. The molecule has 0 atom stereocenters. The molecule has 2 amide bonds. The number of benzene rings is 2. The van der Waals surface area contributed by atoms with E-state index in [1.54, 1.807) is 0 Å². The fraction of sp³-hybridized carbons (Fsp3) is 0.250. The predicted octanol–water partition coefficient (Wildman–Crippen LogP) is 3.82. The van der Waals surface area contributed by atoms with Gasteiger partial charge in [-0.15, -0.1) is 0 Å². The van der Waals surface area contributed by atoms with Crippen molar-refractivity contribution >= 4 is 12.2 Å². The van der Waals surface area contributed by atoms with E-state index >= 15 is 0 Å². The van der Waals surface area contributed by atoms with Crippen molar-refractivity contribution in [3.05, 3.63) is 82.5 Å². The standard InChI is InChI=1S/C24H25N3O4/c1-25-23(28)30-14-19-20(15-31-24(29)26-2)22(16-8-4-3-5-9-16)27-13-18-11-7-6-10-17(18)12-21(19)27/h3-11H,12-15H2,1-2H3,(H,25,28)(H,26,29). The molecule has 2 N–H and O–H groups in total. The smallest absolute Gasteiger partial charge is 0.407 e. The van der Waals surface area contributed by atoms with E-state index in [1.807, 2.05) is 42.5 Å². The first-order chi connectivity index (χ1) is 15.1. The molecule has 7 heteroatoms. The second-order valence-corrected chi connectivity index (χ2v) is 7.30. The summed E-state index contributed by atoms with van der Waals surface area (Å²) >= 11 is 0. The van der Waals surface area contributed by atoms with Crippen molar-refractivity contribution in [2.45, 2.75) is 26.2 Å². The maximum Gasteiger partial charge on any atom is 0.407 e. The third-order valence-electron chi connectivity index (χ3n) is 5.55. The molecule has 0 bridgehead atoms. The van der Waals surface area contributed by atoms with Crippen molar-refractivity contribution < 1.29 is 19.1 Å². The van der Waals surface area contributed by atoms with Crippen LogP contribution in [0.15, 0.2) is 54.6 Å². The van der Waals surface area contributed by atoms with Gasteiger partial charge < -0.3 is 24.7 Å². The lowest BCUT2D eigenvalue weighted by molar-refractivity contribution is 0.134. The number of carbonyl (C=O) groups is 2. The Balaban J connectivity index is 1.86. The summed E-state index contributed by atoms with van der Waals surface area (Å²) in [5.74, 6) is 0. The van der Waals surface area contributed by atoms with Crippen LogP contribution in [-0.4, -0.2) is 30.8 Å². The average Bonchev–Trinajstić information content (AvgIpc) is 3.11. The zero-order valence-corrected chi connectivity index (χ0v) is 17.6. The molecule has 1 aliphatic rings. The van der Waals surface area contributed by atoms with Crippen LogP contribution in [0.2, 0.25) is 0 Å². The first-order valence-electron chi connectivity index (χ1n) is 10.2. The van der Waals surface area contributed by atoms with Crippen LogP contribution in [0, 0.1) is 0 Å². The minimum atomic E-state index is -0.510. The van der Waals surface area contributed by atoms with Gasteiger partial charge in [-0.1, -0.05) is 54.6 Å². The van der Waals surface area contributed by atoms with E-state index in [0.717, 1.165) is 28.1 Å². The highest BCUT2D eigenvalue weighted by atomic mass is 16.6. The van der Waals surface area contributed by atoms with Gasteiger partial charge in [0.05, 0.1) is 5.69 Å². The zero-order valence-electron chi connectivity index (χ0n) is 17.6. The number of aromatic nitrogens is 1. The second-order valence-electron chi connectivity index (χ2n) is 7.30. The van der Waals surface area contributed by atoms with Gasteiger partial charge in [-0.05, 0) is 16.7 Å². The molecule has 2 heterocycles. The first-order valence-corrected chi connectivity index (χ1v) is 10.2. The second kappa shape index (κ2) is 8.95. The molecule has 0 radical (unpaired) electrons. The lowest BCUT2D eigenvalue weighted by atomic mass is 9.97. The van der Waals surface area contributed by atoms with Gasteiger partial charge in [0.1, 0.15) is 13.2 Å². The number of fused-ring (bicyclic) bond motifs is 2. The van der Waals surface area contributed by atoms with E-state index in [0.29, 0.717) is 13.0 Å². The highest BCUT2D eigenvalue weighted by Gasteiger charge is 2.28. The molecule has 2 aromatic carbocycles. The molecule has 0 saturated carbocycles. The van der Waals surface area contributed by atoms with Gasteiger partial charge >= 0.3 is 12.2 Å². The Bertz CT molecular complexity index is 1110. The van der Waals surface area contributed by atoms with Crippen LogP contribution in [0.25, 0.3) is 11.3 Å². The number of nitrogens with zero attached hydrogens (tertiary/aromatic N) is 1. The van der Waals surface area contributed by atoms with Crippen LogP contribution in [0.4, 0.5) is 9.59 Å². The maximum absolute atomic E-state index is 11.8. The van der Waals surface area contributed by atoms with E-state index in [1.165, 1.54) is 25.2 Å². The van der Waals surface area contributed by atoms with Gasteiger partial charge in [0.2, 0.25) is 0 Å². The van der Waals surface area contributed by atoms with E-state index in [9.17, 15) is 9.59 Å². The summed E-state index contributed by atoms with van der Waals surface area (Å²) in [6.45, 7) is 0.867. The lowest BCUT2D eigenvalue weighted by Crippen LogP contribution is -2.21. The summed E-state index contributed by atoms with van der Waals surface area (Å²) in [4.78, 5) is 23.7. The van der Waals surface area contributed by atoms with Gasteiger partial charge in [0, 0.05) is 43.9 Å². The molecule has 0 unspecified atom stereocenters. The summed E-state index contributed by atoms with van der Waals surface area (Å²) in [6, 6.07) is 18.3. The fourth-order valence-corrected chi connectivity index (χ4v) is 4.06. The highest BCUT2D eigenvalue weighted by Crippen LogP contribution is 2.38. The molecule has 31 heavy (non-hydrogen) atoms. The molecule has 0 fully saturated rings. The summed E-state index contributed by atoms with van der Waals surface area (Å²) in [7, 11) is 3.05. The van der Waals surface area contributed by atoms with Crippen molar-refractivity contribution in [1.29, 1.82) is 0 Å². The number of ether oxygens (including phenoxy) is 2. The molecule has 7 nitrogen and oxygen atoms in total. The van der Waals surface area contributed by atoms with Crippen molar-refractivity contribution in [1.82, 2.24) is 15.2 Å². The molecule has 0 saturated heterocycles. The van der Waals surface area contributed by atoms with Crippen molar-refractivity contribution in [3.8, 4) is 11.3 Å². The van der Waals surface area contributed by atoms with Crippen LogP contribution in [0.1, 0.15) is 27.9 Å². The largest absolute Gasteiger partial charge is 0.445 e. The SMILES string of the molecule is CNC(=O)OCc1c(COC(=O)NC)c(-c2ccccc2)n2c1Cc1ccccc1C2. The highest BCUT2D eigenvalue weighted by molar-refractivity contribution is 5.71. The Hall–Kier alpha value is -3.74. The Kier molecular flexibility index (Phi) is 5.93. The number of hydrogen-bond acceptors (Lipinski definition) is 4. The summed E-state index contributed by atoms with van der Waals surface area (Å²) in [5, 5.41) is 4.97. The van der Waals surface area contributed by atoms with Gasteiger partial charge in [0.25, 0.3) is 0 Å². The molecule has 160 valence electrons. The Labute approximate surface area is 181 Å². The minimum absolute atomic E-state index is 0.0761. The molecule has 3 aromatic rings. The lowest BCUT2D eigenvalue weighted by Gasteiger charge is -2.22. The fourth-order valence-electron chi connectivity index (χ4n) is 4.06. The molecular formula is C24H25N3O4. The first kappa shape index (κ1) is 20.5. The molecular weight excluding hydrogens is 394 g/mol. The minimum Gasteiger partial charge on any atom is -0.445 e. The van der Waals surface area contributed by atoms with E-state index in [2.05, 4.69) is 27.3 Å². The van der Waals surface area contributed by atoms with Gasteiger partial charge in [-0.3, -0.25) is 0 Å². The van der Waals surface area contributed by atoms with Crippen LogP contribution < -0.4 is 10.6 Å². The molecule has 0 aliphatic carbocycles. The third kappa shape index (κ3) is 4.12. The van der Waals surface area contributed by atoms with E-state index < -0.39 is 12.2 Å². The van der Waals surface area contributed by atoms with Crippen LogP contribution in [-0.2, 0) is 35.7 Å². The Morgan fingerprint density at radius 2 is 1.42 bits per heavy atom. The topological polar surface area (TPSA) is 81.6 Å². The summed E-state index contributed by atoms with van der Waals surface area (Å²) in [5.41, 5.74) is 7.28. The van der Waals surface area contributed by atoms with Gasteiger partial charge in [-0.25, -0.2) is 9.59 Å². The van der Waals surface area contributed by atoms with Gasteiger partial charge in [-0.2, -0.15) is 0 Å². The molecule has 4 rings (SSSR count). The van der Waals surface area contributed by atoms with Crippen molar-refractivity contribution in [3.63, 3.8) is 0 Å². The predicted molar refractivity (Wildman–Crippen MR) is 117 cm³/mol. The maximum atomic E-state index is 11.8. The number of hydrogen-bond donors (Lipinski definition) is 2.